The first-order chi connectivity index (χ1) is 8.09. The number of hydrogen-bond acceptors (Lipinski definition) is 3. The van der Waals surface area contributed by atoms with Crippen LogP contribution in [-0.4, -0.2) is 26.6 Å². The van der Waals surface area contributed by atoms with Crippen LogP contribution in [0.15, 0.2) is 12.4 Å². The number of thioether (sulfide) groups is 1. The van der Waals surface area contributed by atoms with Gasteiger partial charge in [-0.25, -0.2) is 4.98 Å². The van der Waals surface area contributed by atoms with Gasteiger partial charge in [0.15, 0.2) is 0 Å². The van der Waals surface area contributed by atoms with E-state index in [0.717, 1.165) is 19.0 Å². The molecule has 4 heteroatoms. The number of nitrogens with zero attached hydrogens (tertiary/aromatic N) is 2. The Morgan fingerprint density at radius 2 is 2.41 bits per heavy atom. The third-order valence-electron chi connectivity index (χ3n) is 3.20. The molecule has 96 valence electrons. The highest BCUT2D eigenvalue weighted by Crippen LogP contribution is 2.37. The Balaban J connectivity index is 1.92. The maximum atomic E-state index is 4.40. The molecule has 1 N–H and O–H groups in total. The van der Waals surface area contributed by atoms with Crippen molar-refractivity contribution in [1.29, 1.82) is 0 Å². The highest BCUT2D eigenvalue weighted by Gasteiger charge is 2.29. The average Bonchev–Trinajstić information content (AvgIpc) is 2.85. The summed E-state index contributed by atoms with van der Waals surface area (Å²) in [6, 6.07) is 0. The maximum absolute atomic E-state index is 4.40. The lowest BCUT2D eigenvalue weighted by Crippen LogP contribution is -2.28. The zero-order valence-electron chi connectivity index (χ0n) is 11.1. The summed E-state index contributed by atoms with van der Waals surface area (Å²) in [6.07, 6.45) is 6.61. The second-order valence-corrected chi connectivity index (χ2v) is 7.24. The van der Waals surface area contributed by atoms with Gasteiger partial charge in [0.05, 0.1) is 0 Å². The molecule has 0 aliphatic carbocycles. The van der Waals surface area contributed by atoms with Crippen LogP contribution in [0.25, 0.3) is 0 Å². The van der Waals surface area contributed by atoms with E-state index in [1.54, 1.807) is 0 Å². The third kappa shape index (κ3) is 3.41. The molecule has 0 amide bonds. The van der Waals surface area contributed by atoms with E-state index in [2.05, 4.69) is 53.6 Å². The number of rotatable bonds is 5. The molecule has 0 spiro atoms. The van der Waals surface area contributed by atoms with Crippen molar-refractivity contribution in [1.82, 2.24) is 9.55 Å². The Bertz CT molecular complexity index is 353. The van der Waals surface area contributed by atoms with Gasteiger partial charge in [-0.1, -0.05) is 13.8 Å². The number of aromatic nitrogens is 2. The van der Waals surface area contributed by atoms with Gasteiger partial charge < -0.3 is 9.88 Å². The van der Waals surface area contributed by atoms with Crippen molar-refractivity contribution in [2.75, 3.05) is 17.6 Å². The van der Waals surface area contributed by atoms with Gasteiger partial charge in [0.1, 0.15) is 0 Å². The summed E-state index contributed by atoms with van der Waals surface area (Å²) >= 11 is 2.09. The van der Waals surface area contributed by atoms with Gasteiger partial charge in [0.25, 0.3) is 0 Å². The largest absolute Gasteiger partial charge is 0.354 e. The van der Waals surface area contributed by atoms with Crippen LogP contribution in [0.4, 0.5) is 5.95 Å². The fourth-order valence-electron chi connectivity index (χ4n) is 2.26. The minimum atomic E-state index is 0.397. The molecule has 1 atom stereocenters. The highest BCUT2D eigenvalue weighted by molar-refractivity contribution is 8.00. The summed E-state index contributed by atoms with van der Waals surface area (Å²) in [4.78, 5) is 4.40. The molecule has 2 rings (SSSR count). The fourth-order valence-corrected chi connectivity index (χ4v) is 3.50. The van der Waals surface area contributed by atoms with Crippen LogP contribution in [0.1, 0.15) is 33.6 Å². The van der Waals surface area contributed by atoms with Crippen molar-refractivity contribution in [3.8, 4) is 0 Å². The van der Waals surface area contributed by atoms with E-state index in [0.29, 0.717) is 10.7 Å². The summed E-state index contributed by atoms with van der Waals surface area (Å²) in [7, 11) is 0. The first kappa shape index (κ1) is 12.8. The number of imidazole rings is 1. The Kier molecular flexibility index (Phi) is 4.02. The molecule has 1 aromatic heterocycles. The van der Waals surface area contributed by atoms with Crippen LogP contribution in [0.5, 0.6) is 0 Å². The molecule has 1 unspecified atom stereocenters. The van der Waals surface area contributed by atoms with E-state index < -0.39 is 0 Å². The summed E-state index contributed by atoms with van der Waals surface area (Å²) in [5.41, 5.74) is 0. The summed E-state index contributed by atoms with van der Waals surface area (Å²) < 4.78 is 2.61. The topological polar surface area (TPSA) is 29.9 Å². The smallest absolute Gasteiger partial charge is 0.202 e. The van der Waals surface area contributed by atoms with Crippen LogP contribution in [0.3, 0.4) is 0 Å². The van der Waals surface area contributed by atoms with Gasteiger partial charge in [-0.3, -0.25) is 0 Å². The van der Waals surface area contributed by atoms with Crippen LogP contribution in [-0.2, 0) is 6.54 Å². The first-order valence-electron chi connectivity index (χ1n) is 6.48. The van der Waals surface area contributed by atoms with Gasteiger partial charge in [-0.15, -0.1) is 0 Å². The van der Waals surface area contributed by atoms with Crippen LogP contribution in [0, 0.1) is 5.92 Å². The van der Waals surface area contributed by atoms with Crippen molar-refractivity contribution < 1.29 is 0 Å². The number of hydrogen-bond donors (Lipinski definition) is 1. The summed E-state index contributed by atoms with van der Waals surface area (Å²) in [5, 5.41) is 3.51. The first-order valence-corrected chi connectivity index (χ1v) is 7.47. The molecule has 3 nitrogen and oxygen atoms in total. The Morgan fingerprint density at radius 1 is 1.59 bits per heavy atom. The standard InChI is InChI=1S/C13H23N3S/c1-11(2)9-16-7-6-14-12(16)15-10-13(3)5-4-8-17-13/h6-7,11H,4-5,8-10H2,1-3H3,(H,14,15). The normalized spacial score (nSPS) is 24.5. The Hall–Kier alpha value is -0.640. The van der Waals surface area contributed by atoms with Crippen LogP contribution < -0.4 is 5.32 Å². The van der Waals surface area contributed by atoms with Crippen molar-refractivity contribution in [3.05, 3.63) is 12.4 Å². The predicted molar refractivity (Wildman–Crippen MR) is 75.7 cm³/mol. The van der Waals surface area contributed by atoms with Crippen molar-refractivity contribution in [3.63, 3.8) is 0 Å². The monoisotopic (exact) mass is 253 g/mol. The van der Waals surface area contributed by atoms with E-state index in [-0.39, 0.29) is 0 Å². The minimum absolute atomic E-state index is 0.397. The van der Waals surface area contributed by atoms with Crippen LogP contribution >= 0.6 is 11.8 Å². The van der Waals surface area contributed by atoms with Crippen molar-refractivity contribution in [2.45, 2.75) is 44.9 Å². The van der Waals surface area contributed by atoms with E-state index in [1.165, 1.54) is 18.6 Å². The molecule has 1 aliphatic heterocycles. The third-order valence-corrected chi connectivity index (χ3v) is 4.74. The molecule has 1 aliphatic rings. The molecular formula is C13H23N3S. The van der Waals surface area contributed by atoms with E-state index in [4.69, 9.17) is 0 Å². The van der Waals surface area contributed by atoms with Gasteiger partial charge in [0, 0.05) is 30.2 Å². The van der Waals surface area contributed by atoms with Gasteiger partial charge in [-0.2, -0.15) is 11.8 Å². The molecule has 1 fully saturated rings. The summed E-state index contributed by atoms with van der Waals surface area (Å²) in [5.74, 6) is 2.98. The predicted octanol–water partition coefficient (Wildman–Crippen LogP) is 3.24. The highest BCUT2D eigenvalue weighted by atomic mass is 32.2. The Labute approximate surface area is 108 Å². The lowest BCUT2D eigenvalue weighted by Gasteiger charge is -2.23. The molecule has 0 radical (unpaired) electrons. The summed E-state index contributed by atoms with van der Waals surface area (Å²) in [6.45, 7) is 8.88. The molecule has 0 bridgehead atoms. The molecule has 1 aromatic rings. The average molecular weight is 253 g/mol. The van der Waals surface area contributed by atoms with Gasteiger partial charge in [-0.05, 0) is 31.4 Å². The fraction of sp³-hybridized carbons (Fsp3) is 0.769. The zero-order valence-corrected chi connectivity index (χ0v) is 11.9. The van der Waals surface area contributed by atoms with Crippen molar-refractivity contribution >= 4 is 17.7 Å². The minimum Gasteiger partial charge on any atom is -0.354 e. The van der Waals surface area contributed by atoms with Gasteiger partial charge in [0.2, 0.25) is 5.95 Å². The molecule has 0 saturated carbocycles. The Morgan fingerprint density at radius 3 is 3.06 bits per heavy atom. The molecule has 17 heavy (non-hydrogen) atoms. The van der Waals surface area contributed by atoms with E-state index >= 15 is 0 Å². The quantitative estimate of drug-likeness (QED) is 0.873. The van der Waals surface area contributed by atoms with Gasteiger partial charge >= 0.3 is 0 Å². The van der Waals surface area contributed by atoms with Crippen LogP contribution in [0.2, 0.25) is 0 Å². The molecule has 1 saturated heterocycles. The molecule has 0 aromatic carbocycles. The lowest BCUT2D eigenvalue weighted by molar-refractivity contribution is 0.524. The molecular weight excluding hydrogens is 230 g/mol. The maximum Gasteiger partial charge on any atom is 0.202 e. The zero-order chi connectivity index (χ0) is 12.3. The van der Waals surface area contributed by atoms with E-state index in [1.807, 2.05) is 6.20 Å². The molecule has 2 heterocycles. The second kappa shape index (κ2) is 5.34. The SMILES string of the molecule is CC(C)Cn1ccnc1NCC1(C)CCCS1. The second-order valence-electron chi connectivity index (χ2n) is 5.55. The lowest BCUT2D eigenvalue weighted by atomic mass is 10.1. The van der Waals surface area contributed by atoms with E-state index in [9.17, 15) is 0 Å². The number of anilines is 1. The van der Waals surface area contributed by atoms with Crippen molar-refractivity contribution in [2.24, 2.45) is 5.92 Å². The number of nitrogens with one attached hydrogen (secondary N) is 1.